The Labute approximate surface area is 182 Å². The normalized spacial score (nSPS) is 11.0. The first-order valence-electron chi connectivity index (χ1n) is 10.1. The van der Waals surface area contributed by atoms with Crippen molar-refractivity contribution in [2.45, 2.75) is 13.1 Å². The van der Waals surface area contributed by atoms with Gasteiger partial charge in [0.15, 0.2) is 0 Å². The highest BCUT2D eigenvalue weighted by atomic mass is 16.5. The second-order valence-corrected chi connectivity index (χ2v) is 7.18. The van der Waals surface area contributed by atoms with Crippen LogP contribution in [0.5, 0.6) is 11.6 Å². The third-order valence-corrected chi connectivity index (χ3v) is 4.96. The summed E-state index contributed by atoms with van der Waals surface area (Å²) in [5.41, 5.74) is 1.95. The average Bonchev–Trinajstić information content (AvgIpc) is 3.15. The number of hydrogen-bond donors (Lipinski definition) is 1. The van der Waals surface area contributed by atoms with Crippen LogP contribution in [0.1, 0.15) is 5.56 Å². The Balaban J connectivity index is 1.51. The maximum absolute atomic E-state index is 13.2. The number of nitrogens with zero attached hydrogens (tertiary/aromatic N) is 4. The molecule has 0 atom stereocenters. The summed E-state index contributed by atoms with van der Waals surface area (Å²) in [5, 5.41) is 7.19. The van der Waals surface area contributed by atoms with Gasteiger partial charge in [-0.15, -0.1) is 5.10 Å². The number of benzene rings is 3. The predicted octanol–water partition coefficient (Wildman–Crippen LogP) is 3.15. The molecule has 5 aromatic rings. The lowest BCUT2D eigenvalue weighted by atomic mass is 10.2. The van der Waals surface area contributed by atoms with Crippen LogP contribution in [0.25, 0.3) is 16.7 Å². The van der Waals surface area contributed by atoms with Crippen LogP contribution in [0.4, 0.5) is 0 Å². The topological polar surface area (TPSA) is 90.5 Å². The van der Waals surface area contributed by atoms with Crippen LogP contribution < -0.4 is 15.7 Å². The molecule has 0 saturated heterocycles. The lowest BCUT2D eigenvalue weighted by Crippen LogP contribution is -2.32. The summed E-state index contributed by atoms with van der Waals surface area (Å²) in [4.78, 5) is 30.2. The molecule has 0 aliphatic rings. The van der Waals surface area contributed by atoms with Gasteiger partial charge in [0, 0.05) is 6.54 Å². The van der Waals surface area contributed by atoms with E-state index in [1.165, 1.54) is 4.40 Å². The first kappa shape index (κ1) is 19.5. The van der Waals surface area contributed by atoms with Gasteiger partial charge in [-0.1, -0.05) is 60.7 Å². The van der Waals surface area contributed by atoms with Gasteiger partial charge in [0.25, 0.3) is 5.88 Å². The van der Waals surface area contributed by atoms with Gasteiger partial charge in [0.05, 0.1) is 11.0 Å². The summed E-state index contributed by atoms with van der Waals surface area (Å²) < 4.78 is 8.48. The van der Waals surface area contributed by atoms with Gasteiger partial charge in [-0.2, -0.15) is 0 Å². The number of carbonyl (C=O) groups is 1. The Hall–Kier alpha value is -4.46. The standard InChI is InChI=1S/C24H19N5O3/c30-21(25-15-17-9-3-1-4-10-17)16-28-24(31)29-20-14-8-7-13-19(20)26-23(22(29)27-28)32-18-11-5-2-6-12-18/h1-14H,15-16H2,(H,25,30). The van der Waals surface area contributed by atoms with Crippen LogP contribution in [0.15, 0.2) is 89.7 Å². The van der Waals surface area contributed by atoms with Gasteiger partial charge >= 0.3 is 5.69 Å². The number of ether oxygens (including phenoxy) is 1. The monoisotopic (exact) mass is 425 g/mol. The smallest absolute Gasteiger partial charge is 0.351 e. The number of fused-ring (bicyclic) bond motifs is 3. The Kier molecular flexibility index (Phi) is 5.09. The lowest BCUT2D eigenvalue weighted by Gasteiger charge is -2.07. The zero-order chi connectivity index (χ0) is 21.9. The molecule has 0 aliphatic carbocycles. The van der Waals surface area contributed by atoms with E-state index in [1.807, 2.05) is 60.7 Å². The SMILES string of the molecule is O=C(Cn1nc2c(Oc3ccccc3)nc3ccccc3n2c1=O)NCc1ccccc1. The lowest BCUT2D eigenvalue weighted by molar-refractivity contribution is -0.122. The summed E-state index contributed by atoms with van der Waals surface area (Å²) in [7, 11) is 0. The average molecular weight is 425 g/mol. The highest BCUT2D eigenvalue weighted by Gasteiger charge is 2.19. The molecule has 2 aromatic heterocycles. The molecule has 158 valence electrons. The maximum Gasteiger partial charge on any atom is 0.351 e. The van der Waals surface area contributed by atoms with E-state index in [9.17, 15) is 9.59 Å². The van der Waals surface area contributed by atoms with Crippen LogP contribution >= 0.6 is 0 Å². The quantitative estimate of drug-likeness (QED) is 0.451. The molecule has 0 radical (unpaired) electrons. The number of para-hydroxylation sites is 3. The van der Waals surface area contributed by atoms with Gasteiger partial charge in [-0.3, -0.25) is 4.79 Å². The van der Waals surface area contributed by atoms with Crippen molar-refractivity contribution in [1.82, 2.24) is 24.5 Å². The predicted molar refractivity (Wildman–Crippen MR) is 120 cm³/mol. The molecular formula is C24H19N5O3. The van der Waals surface area contributed by atoms with Crippen LogP contribution in [-0.2, 0) is 17.9 Å². The Morgan fingerprint density at radius 2 is 1.59 bits per heavy atom. The second-order valence-electron chi connectivity index (χ2n) is 7.18. The van der Waals surface area contributed by atoms with E-state index in [-0.39, 0.29) is 24.0 Å². The summed E-state index contributed by atoms with van der Waals surface area (Å²) in [6.07, 6.45) is 0. The second kappa shape index (κ2) is 8.35. The highest BCUT2D eigenvalue weighted by molar-refractivity contribution is 5.80. The minimum absolute atomic E-state index is 0.190. The molecule has 3 aromatic carbocycles. The number of rotatable bonds is 6. The number of aromatic nitrogens is 4. The molecule has 32 heavy (non-hydrogen) atoms. The molecule has 0 bridgehead atoms. The molecule has 8 heteroatoms. The van der Waals surface area contributed by atoms with Gasteiger partial charge in [0.2, 0.25) is 11.6 Å². The Bertz CT molecular complexity index is 1460. The summed E-state index contributed by atoms with van der Waals surface area (Å²) >= 11 is 0. The van der Waals surface area contributed by atoms with Crippen molar-refractivity contribution < 1.29 is 9.53 Å². The van der Waals surface area contributed by atoms with Crippen LogP contribution in [0, 0.1) is 0 Å². The van der Waals surface area contributed by atoms with Crippen molar-refractivity contribution in [2.24, 2.45) is 0 Å². The van der Waals surface area contributed by atoms with Gasteiger partial charge in [-0.25, -0.2) is 18.9 Å². The van der Waals surface area contributed by atoms with E-state index in [4.69, 9.17) is 4.74 Å². The number of amides is 1. The molecule has 8 nitrogen and oxygen atoms in total. The van der Waals surface area contributed by atoms with Gasteiger partial charge in [-0.05, 0) is 29.8 Å². The molecule has 0 fully saturated rings. The van der Waals surface area contributed by atoms with Gasteiger partial charge in [0.1, 0.15) is 12.3 Å². The van der Waals surface area contributed by atoms with Crippen molar-refractivity contribution in [3.05, 3.63) is 101 Å². The Morgan fingerprint density at radius 3 is 2.38 bits per heavy atom. The summed E-state index contributed by atoms with van der Waals surface area (Å²) in [6, 6.07) is 25.9. The highest BCUT2D eigenvalue weighted by Crippen LogP contribution is 2.25. The molecule has 1 amide bonds. The Morgan fingerprint density at radius 1 is 0.906 bits per heavy atom. The number of carbonyl (C=O) groups excluding carboxylic acids is 1. The third kappa shape index (κ3) is 3.81. The molecule has 0 aliphatic heterocycles. The van der Waals surface area contributed by atoms with Crippen molar-refractivity contribution in [1.29, 1.82) is 0 Å². The zero-order valence-electron chi connectivity index (χ0n) is 17.0. The number of hydrogen-bond acceptors (Lipinski definition) is 5. The fourth-order valence-electron chi connectivity index (χ4n) is 3.43. The fourth-order valence-corrected chi connectivity index (χ4v) is 3.43. The molecular weight excluding hydrogens is 406 g/mol. The van der Waals surface area contributed by atoms with Crippen molar-refractivity contribution in [2.75, 3.05) is 0 Å². The molecule has 0 unspecified atom stereocenters. The fraction of sp³-hybridized carbons (Fsp3) is 0.0833. The molecule has 0 spiro atoms. The van der Waals surface area contributed by atoms with E-state index in [1.54, 1.807) is 24.3 Å². The summed E-state index contributed by atoms with van der Waals surface area (Å²) in [6.45, 7) is 0.154. The van der Waals surface area contributed by atoms with Gasteiger partial charge < -0.3 is 10.1 Å². The minimum Gasteiger partial charge on any atom is -0.436 e. The van der Waals surface area contributed by atoms with Crippen LogP contribution in [0.3, 0.4) is 0 Å². The number of nitrogens with one attached hydrogen (secondary N) is 1. The first-order chi connectivity index (χ1) is 15.7. The largest absolute Gasteiger partial charge is 0.436 e. The first-order valence-corrected chi connectivity index (χ1v) is 10.1. The van der Waals surface area contributed by atoms with E-state index in [0.29, 0.717) is 23.3 Å². The molecule has 5 rings (SSSR count). The van der Waals surface area contributed by atoms with E-state index in [0.717, 1.165) is 10.2 Å². The molecule has 0 saturated carbocycles. The third-order valence-electron chi connectivity index (χ3n) is 4.96. The van der Waals surface area contributed by atoms with Crippen LogP contribution in [-0.4, -0.2) is 25.1 Å². The molecule has 1 N–H and O–H groups in total. The van der Waals surface area contributed by atoms with Crippen LogP contribution in [0.2, 0.25) is 0 Å². The van der Waals surface area contributed by atoms with E-state index >= 15 is 0 Å². The molecule has 2 heterocycles. The van der Waals surface area contributed by atoms with Crippen molar-refractivity contribution >= 4 is 22.6 Å². The zero-order valence-corrected chi connectivity index (χ0v) is 17.0. The van der Waals surface area contributed by atoms with E-state index in [2.05, 4.69) is 15.4 Å². The van der Waals surface area contributed by atoms with E-state index < -0.39 is 5.69 Å². The summed E-state index contributed by atoms with van der Waals surface area (Å²) in [5.74, 6) is 0.442. The van der Waals surface area contributed by atoms with Crippen molar-refractivity contribution in [3.8, 4) is 11.6 Å². The minimum atomic E-state index is -0.439. The maximum atomic E-state index is 13.2. The van der Waals surface area contributed by atoms with Crippen molar-refractivity contribution in [3.63, 3.8) is 0 Å².